The van der Waals surface area contributed by atoms with Crippen LogP contribution in [0.2, 0.25) is 5.02 Å². The Labute approximate surface area is 131 Å². The third kappa shape index (κ3) is 4.73. The molecule has 0 saturated carbocycles. The minimum atomic E-state index is 0.613. The van der Waals surface area contributed by atoms with E-state index >= 15 is 0 Å². The van der Waals surface area contributed by atoms with Gasteiger partial charge < -0.3 is 10.1 Å². The summed E-state index contributed by atoms with van der Waals surface area (Å²) in [6.45, 7) is 8.02. The zero-order valence-corrected chi connectivity index (χ0v) is 13.4. The van der Waals surface area contributed by atoms with Gasteiger partial charge in [0.2, 0.25) is 0 Å². The molecule has 112 valence electrons. The lowest BCUT2D eigenvalue weighted by atomic mass is 10.1. The van der Waals surface area contributed by atoms with E-state index in [0.717, 1.165) is 35.8 Å². The summed E-state index contributed by atoms with van der Waals surface area (Å²) in [5.74, 6) is 2.14. The molecule has 1 aromatic heterocycles. The van der Waals surface area contributed by atoms with Gasteiger partial charge in [-0.15, -0.1) is 0 Å². The number of hydrogen-bond donors (Lipinski definition) is 1. The molecular formula is C17H21ClN2O. The van der Waals surface area contributed by atoms with E-state index in [0.29, 0.717) is 10.9 Å². The molecule has 0 amide bonds. The van der Waals surface area contributed by atoms with E-state index in [1.807, 2.05) is 37.3 Å². The van der Waals surface area contributed by atoms with E-state index in [-0.39, 0.29) is 0 Å². The molecule has 1 heterocycles. The van der Waals surface area contributed by atoms with Crippen molar-refractivity contribution >= 4 is 11.6 Å². The number of ether oxygens (including phenoxy) is 1. The van der Waals surface area contributed by atoms with Crippen molar-refractivity contribution in [2.24, 2.45) is 5.92 Å². The summed E-state index contributed by atoms with van der Waals surface area (Å²) in [7, 11) is 0. The van der Waals surface area contributed by atoms with Gasteiger partial charge in [-0.3, -0.25) is 4.98 Å². The Morgan fingerprint density at radius 1 is 1.24 bits per heavy atom. The SMILES string of the molecule is Cc1ncccc1Oc1cc(Cl)ccc1CNCC(C)C. The number of nitrogens with one attached hydrogen (secondary N) is 1. The molecule has 4 heteroatoms. The Balaban J connectivity index is 2.17. The van der Waals surface area contributed by atoms with Crippen molar-refractivity contribution in [1.82, 2.24) is 10.3 Å². The zero-order valence-electron chi connectivity index (χ0n) is 12.7. The molecule has 2 aromatic rings. The lowest BCUT2D eigenvalue weighted by Crippen LogP contribution is -2.19. The largest absolute Gasteiger partial charge is 0.455 e. The lowest BCUT2D eigenvalue weighted by Gasteiger charge is -2.14. The van der Waals surface area contributed by atoms with E-state index in [9.17, 15) is 0 Å². The maximum absolute atomic E-state index is 6.09. The van der Waals surface area contributed by atoms with Crippen LogP contribution in [0, 0.1) is 12.8 Å². The topological polar surface area (TPSA) is 34.1 Å². The van der Waals surface area contributed by atoms with Crippen LogP contribution in [0.25, 0.3) is 0 Å². The monoisotopic (exact) mass is 304 g/mol. The van der Waals surface area contributed by atoms with Crippen molar-refractivity contribution in [3.63, 3.8) is 0 Å². The van der Waals surface area contributed by atoms with Gasteiger partial charge in [0.05, 0.1) is 5.69 Å². The third-order valence-corrected chi connectivity index (χ3v) is 3.31. The molecule has 0 saturated heterocycles. The van der Waals surface area contributed by atoms with Crippen molar-refractivity contribution < 1.29 is 4.74 Å². The van der Waals surface area contributed by atoms with Crippen LogP contribution >= 0.6 is 11.6 Å². The van der Waals surface area contributed by atoms with Gasteiger partial charge in [-0.2, -0.15) is 0 Å². The standard InChI is InChI=1S/C17H21ClN2O/c1-12(2)10-19-11-14-6-7-15(18)9-17(14)21-16-5-4-8-20-13(16)3/h4-9,12,19H,10-11H2,1-3H3. The normalized spacial score (nSPS) is 10.9. The third-order valence-electron chi connectivity index (χ3n) is 3.08. The second-order valence-electron chi connectivity index (χ2n) is 5.47. The van der Waals surface area contributed by atoms with Crippen molar-refractivity contribution in [2.75, 3.05) is 6.54 Å². The molecule has 0 aliphatic carbocycles. The first-order chi connectivity index (χ1) is 10.1. The van der Waals surface area contributed by atoms with Gasteiger partial charge in [0.25, 0.3) is 0 Å². The van der Waals surface area contributed by atoms with Gasteiger partial charge in [0, 0.05) is 23.3 Å². The number of rotatable bonds is 6. The van der Waals surface area contributed by atoms with Crippen LogP contribution in [-0.4, -0.2) is 11.5 Å². The Morgan fingerprint density at radius 3 is 2.76 bits per heavy atom. The molecule has 0 atom stereocenters. The van der Waals surface area contributed by atoms with Crippen LogP contribution in [0.3, 0.4) is 0 Å². The minimum Gasteiger partial charge on any atom is -0.455 e. The van der Waals surface area contributed by atoms with Gasteiger partial charge in [-0.25, -0.2) is 0 Å². The van der Waals surface area contributed by atoms with Gasteiger partial charge in [0.15, 0.2) is 0 Å². The van der Waals surface area contributed by atoms with Crippen LogP contribution in [0.4, 0.5) is 0 Å². The number of nitrogens with zero attached hydrogens (tertiary/aromatic N) is 1. The molecule has 2 rings (SSSR count). The van der Waals surface area contributed by atoms with Crippen molar-refractivity contribution in [3.05, 3.63) is 52.8 Å². The van der Waals surface area contributed by atoms with Crippen LogP contribution in [0.5, 0.6) is 11.5 Å². The lowest BCUT2D eigenvalue weighted by molar-refractivity contribution is 0.463. The van der Waals surface area contributed by atoms with Crippen LogP contribution < -0.4 is 10.1 Å². The first kappa shape index (κ1) is 15.8. The highest BCUT2D eigenvalue weighted by Gasteiger charge is 2.08. The summed E-state index contributed by atoms with van der Waals surface area (Å²) in [6.07, 6.45) is 1.76. The quantitative estimate of drug-likeness (QED) is 0.848. The molecule has 1 aromatic carbocycles. The first-order valence-corrected chi connectivity index (χ1v) is 7.52. The van der Waals surface area contributed by atoms with Gasteiger partial charge in [-0.1, -0.05) is 31.5 Å². The summed E-state index contributed by atoms with van der Waals surface area (Å²) in [5.41, 5.74) is 1.95. The summed E-state index contributed by atoms with van der Waals surface area (Å²) in [5, 5.41) is 4.09. The molecule has 0 aliphatic rings. The molecule has 0 aliphatic heterocycles. The highest BCUT2D eigenvalue weighted by molar-refractivity contribution is 6.30. The summed E-state index contributed by atoms with van der Waals surface area (Å²) in [6, 6.07) is 9.51. The Morgan fingerprint density at radius 2 is 2.05 bits per heavy atom. The Bertz CT molecular complexity index is 599. The molecule has 3 nitrogen and oxygen atoms in total. The molecule has 0 fully saturated rings. The summed E-state index contributed by atoms with van der Waals surface area (Å²) < 4.78 is 5.99. The zero-order chi connectivity index (χ0) is 15.2. The summed E-state index contributed by atoms with van der Waals surface area (Å²) >= 11 is 6.09. The van der Waals surface area contributed by atoms with Crippen LogP contribution in [-0.2, 0) is 6.54 Å². The van der Waals surface area contributed by atoms with Crippen LogP contribution in [0.15, 0.2) is 36.5 Å². The number of pyridine rings is 1. The van der Waals surface area contributed by atoms with Crippen molar-refractivity contribution in [3.8, 4) is 11.5 Å². The van der Waals surface area contributed by atoms with Crippen LogP contribution in [0.1, 0.15) is 25.1 Å². The van der Waals surface area contributed by atoms with Crippen molar-refractivity contribution in [1.29, 1.82) is 0 Å². The first-order valence-electron chi connectivity index (χ1n) is 7.15. The van der Waals surface area contributed by atoms with Gasteiger partial charge >= 0.3 is 0 Å². The van der Waals surface area contributed by atoms with E-state index in [1.165, 1.54) is 0 Å². The number of benzene rings is 1. The average molecular weight is 305 g/mol. The Kier molecular flexibility index (Phi) is 5.59. The van der Waals surface area contributed by atoms with E-state index in [2.05, 4.69) is 24.1 Å². The predicted molar refractivity (Wildman–Crippen MR) is 87.0 cm³/mol. The smallest absolute Gasteiger partial charge is 0.148 e. The number of halogens is 1. The number of hydrogen-bond acceptors (Lipinski definition) is 3. The molecule has 21 heavy (non-hydrogen) atoms. The maximum Gasteiger partial charge on any atom is 0.148 e. The summed E-state index contributed by atoms with van der Waals surface area (Å²) in [4.78, 5) is 4.24. The maximum atomic E-state index is 6.09. The average Bonchev–Trinajstić information content (AvgIpc) is 2.43. The molecule has 0 unspecified atom stereocenters. The number of aromatic nitrogens is 1. The second kappa shape index (κ2) is 7.43. The fraction of sp³-hybridized carbons (Fsp3) is 0.353. The molecule has 0 bridgehead atoms. The predicted octanol–water partition coefficient (Wildman–Crippen LogP) is 4.58. The second-order valence-corrected chi connectivity index (χ2v) is 5.90. The van der Waals surface area contributed by atoms with Gasteiger partial charge in [0.1, 0.15) is 11.5 Å². The van der Waals surface area contributed by atoms with Gasteiger partial charge in [-0.05, 0) is 43.7 Å². The van der Waals surface area contributed by atoms with E-state index < -0.39 is 0 Å². The number of aryl methyl sites for hydroxylation is 1. The molecule has 0 spiro atoms. The molecule has 0 radical (unpaired) electrons. The molecular weight excluding hydrogens is 284 g/mol. The highest BCUT2D eigenvalue weighted by atomic mass is 35.5. The fourth-order valence-corrected chi connectivity index (χ4v) is 2.12. The minimum absolute atomic E-state index is 0.613. The Hall–Kier alpha value is -1.58. The molecule has 1 N–H and O–H groups in total. The fourth-order valence-electron chi connectivity index (χ4n) is 1.96. The van der Waals surface area contributed by atoms with E-state index in [4.69, 9.17) is 16.3 Å². The highest BCUT2D eigenvalue weighted by Crippen LogP contribution is 2.29. The van der Waals surface area contributed by atoms with E-state index in [1.54, 1.807) is 6.20 Å². The van der Waals surface area contributed by atoms with Crippen molar-refractivity contribution in [2.45, 2.75) is 27.3 Å².